The van der Waals surface area contributed by atoms with Gasteiger partial charge in [-0.1, -0.05) is 39.0 Å². The van der Waals surface area contributed by atoms with Gasteiger partial charge in [-0.05, 0) is 12.1 Å². The molecule has 0 aliphatic carbocycles. The second kappa shape index (κ2) is 7.12. The van der Waals surface area contributed by atoms with Gasteiger partial charge in [-0.15, -0.1) is 0 Å². The Bertz CT molecular complexity index is 1110. The third kappa shape index (κ3) is 3.73. The van der Waals surface area contributed by atoms with Gasteiger partial charge in [-0.2, -0.15) is 5.10 Å². The summed E-state index contributed by atoms with van der Waals surface area (Å²) in [7, 11) is 0. The highest BCUT2D eigenvalue weighted by molar-refractivity contribution is 6.04. The first-order valence-electron chi connectivity index (χ1n) is 9.37. The van der Waals surface area contributed by atoms with Gasteiger partial charge in [0, 0.05) is 28.7 Å². The number of carbonyl (C=O) groups is 2. The number of nitrogens with zero attached hydrogens (tertiary/aromatic N) is 5. The molecule has 1 aliphatic heterocycles. The summed E-state index contributed by atoms with van der Waals surface area (Å²) in [5.74, 6) is -0.371. The van der Waals surface area contributed by atoms with E-state index >= 15 is 0 Å². The molecule has 8 nitrogen and oxygen atoms in total. The van der Waals surface area contributed by atoms with Crippen LogP contribution in [-0.2, 0) is 11.3 Å². The Morgan fingerprint density at radius 2 is 2.00 bits per heavy atom. The lowest BCUT2D eigenvalue weighted by atomic mass is 9.90. The van der Waals surface area contributed by atoms with Crippen molar-refractivity contribution in [3.8, 4) is 0 Å². The van der Waals surface area contributed by atoms with Crippen molar-refractivity contribution in [3.63, 3.8) is 0 Å². The van der Waals surface area contributed by atoms with Gasteiger partial charge in [-0.25, -0.2) is 9.99 Å². The molecule has 0 spiro atoms. The Kier molecular flexibility index (Phi) is 4.62. The van der Waals surface area contributed by atoms with Gasteiger partial charge in [0.2, 0.25) is 5.91 Å². The van der Waals surface area contributed by atoms with Crippen LogP contribution in [0, 0.1) is 5.41 Å². The highest BCUT2D eigenvalue weighted by Gasteiger charge is 2.31. The van der Waals surface area contributed by atoms with E-state index in [4.69, 9.17) is 0 Å². The molecule has 148 valence electrons. The minimum absolute atomic E-state index is 0.212. The molecule has 0 bridgehead atoms. The number of anilines is 1. The van der Waals surface area contributed by atoms with Crippen molar-refractivity contribution in [2.75, 3.05) is 11.9 Å². The first kappa shape index (κ1) is 18.8. The highest BCUT2D eigenvalue weighted by atomic mass is 16.2. The Morgan fingerprint density at radius 1 is 1.21 bits per heavy atom. The summed E-state index contributed by atoms with van der Waals surface area (Å²) in [5, 5.41) is 9.46. The topological polar surface area (TPSA) is 92.5 Å². The van der Waals surface area contributed by atoms with Crippen molar-refractivity contribution in [1.29, 1.82) is 0 Å². The lowest BCUT2D eigenvalue weighted by Crippen LogP contribution is -2.35. The zero-order valence-corrected chi connectivity index (χ0v) is 16.6. The van der Waals surface area contributed by atoms with Crippen LogP contribution in [0.1, 0.15) is 31.3 Å². The number of amides is 2. The molecular weight excluding hydrogens is 368 g/mol. The average molecular weight is 390 g/mol. The molecular formula is C21H22N6O2. The fourth-order valence-corrected chi connectivity index (χ4v) is 3.24. The van der Waals surface area contributed by atoms with E-state index in [9.17, 15) is 9.59 Å². The summed E-state index contributed by atoms with van der Waals surface area (Å²) >= 11 is 0. The van der Waals surface area contributed by atoms with Crippen LogP contribution in [0.2, 0.25) is 0 Å². The number of aromatic nitrogens is 3. The Morgan fingerprint density at radius 3 is 2.72 bits per heavy atom. The maximum atomic E-state index is 13.3. The van der Waals surface area contributed by atoms with Gasteiger partial charge < -0.3 is 9.88 Å². The molecule has 2 amide bonds. The maximum absolute atomic E-state index is 13.3. The third-order valence-corrected chi connectivity index (χ3v) is 4.80. The number of nitrogens with one attached hydrogen (secondary N) is 1. The predicted molar refractivity (Wildman–Crippen MR) is 111 cm³/mol. The molecule has 0 fully saturated rings. The summed E-state index contributed by atoms with van der Waals surface area (Å²) < 4.78 is 1.97. The first-order chi connectivity index (χ1) is 13.8. The zero-order chi connectivity index (χ0) is 20.6. The number of carbonyl (C=O) groups excluding carboxylic acids is 2. The number of rotatable bonds is 3. The third-order valence-electron chi connectivity index (χ3n) is 4.80. The fraction of sp³-hybridized carbons (Fsp3) is 0.286. The number of hydrazone groups is 1. The first-order valence-corrected chi connectivity index (χ1v) is 9.37. The second-order valence-corrected chi connectivity index (χ2v) is 7.97. The fourth-order valence-electron chi connectivity index (χ4n) is 3.24. The Hall–Kier alpha value is -3.55. The molecule has 1 N–H and O–H groups in total. The molecule has 3 aromatic rings. The van der Waals surface area contributed by atoms with E-state index in [1.165, 1.54) is 23.6 Å². The molecule has 8 heteroatoms. The minimum atomic E-state index is -0.388. The molecule has 29 heavy (non-hydrogen) atoms. The average Bonchev–Trinajstić information content (AvgIpc) is 2.98. The van der Waals surface area contributed by atoms with Crippen LogP contribution in [0.3, 0.4) is 0 Å². The van der Waals surface area contributed by atoms with Gasteiger partial charge >= 0.3 is 0 Å². The van der Waals surface area contributed by atoms with Crippen molar-refractivity contribution < 1.29 is 9.59 Å². The molecule has 0 saturated heterocycles. The van der Waals surface area contributed by atoms with E-state index < -0.39 is 0 Å². The molecule has 0 atom stereocenters. The lowest BCUT2D eigenvalue weighted by Gasteiger charge is -2.23. The summed E-state index contributed by atoms with van der Waals surface area (Å²) in [6.07, 6.45) is 4.46. The number of hydrogen-bond acceptors (Lipinski definition) is 5. The van der Waals surface area contributed by atoms with Crippen LogP contribution < -0.4 is 5.32 Å². The standard InChI is InChI=1S/C21H22N6O2/c1-21(2,3)17-12-26-15-7-5-4-6-14(15)10-16(26)20(29)27(25-17)13-19(28)24-18-11-22-8-9-23-18/h4-11H,12-13H2,1-3H3,(H,23,24,28). The molecule has 0 unspecified atom stereocenters. The van der Waals surface area contributed by atoms with Crippen molar-refractivity contribution >= 4 is 34.2 Å². The van der Waals surface area contributed by atoms with E-state index in [1.54, 1.807) is 0 Å². The number of benzene rings is 1. The summed E-state index contributed by atoms with van der Waals surface area (Å²) in [4.78, 5) is 33.7. The Labute approximate surface area is 168 Å². The van der Waals surface area contributed by atoms with Gasteiger partial charge in [0.25, 0.3) is 5.91 Å². The number of para-hydroxylation sites is 1. The normalized spacial score (nSPS) is 14.4. The van der Waals surface area contributed by atoms with Crippen LogP contribution in [0.25, 0.3) is 10.9 Å². The summed E-state index contributed by atoms with van der Waals surface area (Å²) in [6, 6.07) is 9.71. The molecule has 1 aliphatic rings. The zero-order valence-electron chi connectivity index (χ0n) is 16.6. The van der Waals surface area contributed by atoms with Crippen molar-refractivity contribution in [3.05, 3.63) is 54.6 Å². The van der Waals surface area contributed by atoms with Crippen LogP contribution in [0.4, 0.5) is 5.82 Å². The minimum Gasteiger partial charge on any atom is -0.331 e. The van der Waals surface area contributed by atoms with E-state index in [0.717, 1.165) is 16.6 Å². The predicted octanol–water partition coefficient (Wildman–Crippen LogP) is 2.93. The second-order valence-electron chi connectivity index (χ2n) is 7.97. The molecule has 0 radical (unpaired) electrons. The number of fused-ring (bicyclic) bond motifs is 3. The van der Waals surface area contributed by atoms with Crippen LogP contribution in [0.5, 0.6) is 0 Å². The van der Waals surface area contributed by atoms with Gasteiger partial charge in [0.15, 0.2) is 5.82 Å². The van der Waals surface area contributed by atoms with Crippen LogP contribution >= 0.6 is 0 Å². The molecule has 2 aromatic heterocycles. The van der Waals surface area contributed by atoms with E-state index in [0.29, 0.717) is 18.1 Å². The number of hydrogen-bond donors (Lipinski definition) is 1. The monoisotopic (exact) mass is 390 g/mol. The van der Waals surface area contributed by atoms with E-state index in [2.05, 4.69) is 20.4 Å². The molecule has 1 aromatic carbocycles. The van der Waals surface area contributed by atoms with Crippen LogP contribution in [0.15, 0.2) is 54.0 Å². The van der Waals surface area contributed by atoms with Crippen molar-refractivity contribution in [1.82, 2.24) is 19.5 Å². The molecule has 3 heterocycles. The largest absolute Gasteiger partial charge is 0.331 e. The lowest BCUT2D eigenvalue weighted by molar-refractivity contribution is -0.116. The van der Waals surface area contributed by atoms with Crippen LogP contribution in [-0.4, -0.2) is 43.6 Å². The van der Waals surface area contributed by atoms with Gasteiger partial charge in [0.05, 0.1) is 18.5 Å². The van der Waals surface area contributed by atoms with Crippen molar-refractivity contribution in [2.45, 2.75) is 27.3 Å². The van der Waals surface area contributed by atoms with E-state index in [1.807, 2.05) is 55.7 Å². The quantitative estimate of drug-likeness (QED) is 0.744. The van der Waals surface area contributed by atoms with Gasteiger partial charge in [-0.3, -0.25) is 14.6 Å². The van der Waals surface area contributed by atoms with Gasteiger partial charge in [0.1, 0.15) is 12.2 Å². The summed E-state index contributed by atoms with van der Waals surface area (Å²) in [5.41, 5.74) is 2.03. The molecule has 4 rings (SSSR count). The van der Waals surface area contributed by atoms with E-state index in [-0.39, 0.29) is 23.8 Å². The maximum Gasteiger partial charge on any atom is 0.291 e. The summed E-state index contributed by atoms with van der Waals surface area (Å²) in [6.45, 7) is 6.41. The smallest absolute Gasteiger partial charge is 0.291 e. The molecule has 0 saturated carbocycles. The Balaban J connectivity index is 1.70. The highest BCUT2D eigenvalue weighted by Crippen LogP contribution is 2.27. The van der Waals surface area contributed by atoms with Crippen molar-refractivity contribution in [2.24, 2.45) is 10.5 Å². The SMILES string of the molecule is CC(C)(C)C1=NN(CC(=O)Nc2cnccn2)C(=O)c2cc3ccccc3n2C1.